The van der Waals surface area contributed by atoms with Gasteiger partial charge in [0.1, 0.15) is 23.5 Å². The minimum Gasteiger partial charge on any atom is -0.465 e. The maximum atomic E-state index is 15.4. The smallest absolute Gasteiger partial charge is 0.407 e. The number of carbonyl (C=O) groups excluding carboxylic acids is 1. The lowest BCUT2D eigenvalue weighted by Gasteiger charge is -2.35. The molecule has 3 aliphatic rings. The van der Waals surface area contributed by atoms with Crippen LogP contribution in [0, 0.1) is 5.82 Å². The van der Waals surface area contributed by atoms with Gasteiger partial charge in [-0.05, 0) is 86.0 Å². The molecule has 260 valence electrons. The number of benzene rings is 2. The molecule has 0 radical (unpaired) electrons. The number of halogens is 1. The fraction of sp³-hybridized carbons (Fsp3) is 0.385. The molecule has 2 aromatic carbocycles. The molecule has 0 bridgehead atoms. The van der Waals surface area contributed by atoms with Crippen molar-refractivity contribution in [2.75, 3.05) is 26.2 Å². The van der Waals surface area contributed by atoms with Gasteiger partial charge >= 0.3 is 6.09 Å². The number of hydrogen-bond donors (Lipinski definition) is 3. The van der Waals surface area contributed by atoms with E-state index in [0.717, 1.165) is 79.0 Å². The Kier molecular flexibility index (Phi) is 9.67. The SMILES string of the molecule is CCN(CC)[C@@H](C(=O)N1CCC[C@H]1c1ncc(-c2ccc(-c3ccc(-c4cnc([C@@H]5CCCN5C(=O)O)[nH]4)c(F)c3)cc2)[nH]1)C1=CCCC=C1. The number of rotatable bonds is 10. The van der Waals surface area contributed by atoms with Crippen LogP contribution in [0.15, 0.2) is 78.7 Å². The van der Waals surface area contributed by atoms with E-state index in [1.165, 1.54) is 11.0 Å². The molecular formula is C39H44FN7O3. The topological polar surface area (TPSA) is 121 Å². The number of nitrogens with one attached hydrogen (secondary N) is 2. The highest BCUT2D eigenvalue weighted by Crippen LogP contribution is 2.36. The van der Waals surface area contributed by atoms with Gasteiger partial charge in [0, 0.05) is 18.7 Å². The number of aromatic amines is 2. The lowest BCUT2D eigenvalue weighted by atomic mass is 9.97. The standard InChI is InChI=1S/C39H44FN7O3/c1-3-45(4-2)35(27-10-6-5-7-11-27)38(48)46-20-8-12-33(46)36-41-23-31(43-36)26-16-14-25(15-17-26)28-18-19-29(30(40)22-28)32-24-42-37(44-32)34-13-9-21-47(34)39(49)50/h6,10-11,14-19,22-24,33-35H,3-5,7-9,12-13,20-21H2,1-2H3,(H,41,43)(H,42,44)(H,49,50)/t33-,34-,35+/m0/s1. The third-order valence-corrected chi connectivity index (χ3v) is 10.4. The highest BCUT2D eigenvalue weighted by Gasteiger charge is 2.38. The molecule has 3 N–H and O–H groups in total. The minimum absolute atomic E-state index is 0.108. The number of likely N-dealkylation sites (tertiary alicyclic amines) is 2. The van der Waals surface area contributed by atoms with Crippen LogP contribution in [-0.4, -0.2) is 84.0 Å². The molecule has 2 aliphatic heterocycles. The summed E-state index contributed by atoms with van der Waals surface area (Å²) in [5, 5.41) is 9.49. The van der Waals surface area contributed by atoms with Gasteiger partial charge < -0.3 is 20.0 Å². The van der Waals surface area contributed by atoms with E-state index in [-0.39, 0.29) is 24.0 Å². The van der Waals surface area contributed by atoms with E-state index in [4.69, 9.17) is 4.98 Å². The fourth-order valence-electron chi connectivity index (χ4n) is 7.74. The summed E-state index contributed by atoms with van der Waals surface area (Å²) < 4.78 is 15.4. The Morgan fingerprint density at radius 2 is 1.50 bits per heavy atom. The predicted molar refractivity (Wildman–Crippen MR) is 191 cm³/mol. The average Bonchev–Trinajstić information content (AvgIpc) is 3.97. The Morgan fingerprint density at radius 3 is 2.14 bits per heavy atom. The van der Waals surface area contributed by atoms with Crippen molar-refractivity contribution < 1.29 is 19.1 Å². The van der Waals surface area contributed by atoms with Crippen LogP contribution in [0.5, 0.6) is 0 Å². The summed E-state index contributed by atoms with van der Waals surface area (Å²) in [6.45, 7) is 7.00. The number of hydrogen-bond acceptors (Lipinski definition) is 5. The highest BCUT2D eigenvalue weighted by atomic mass is 19.1. The van der Waals surface area contributed by atoms with Crippen LogP contribution < -0.4 is 0 Å². The molecule has 1 aliphatic carbocycles. The van der Waals surface area contributed by atoms with Crippen LogP contribution in [-0.2, 0) is 4.79 Å². The lowest BCUT2D eigenvalue weighted by Crippen LogP contribution is -2.49. The van der Waals surface area contributed by atoms with Crippen molar-refractivity contribution in [3.63, 3.8) is 0 Å². The second kappa shape index (κ2) is 14.4. The molecule has 4 aromatic rings. The number of amides is 2. The van der Waals surface area contributed by atoms with Crippen molar-refractivity contribution in [2.24, 2.45) is 0 Å². The van der Waals surface area contributed by atoms with Gasteiger partial charge in [-0.2, -0.15) is 0 Å². The third kappa shape index (κ3) is 6.49. The van der Waals surface area contributed by atoms with E-state index in [9.17, 15) is 14.7 Å². The first-order valence-corrected chi connectivity index (χ1v) is 17.8. The predicted octanol–water partition coefficient (Wildman–Crippen LogP) is 7.74. The number of carboxylic acid groups (broad SMARTS) is 1. The quantitative estimate of drug-likeness (QED) is 0.158. The Balaban J connectivity index is 1.05. The van der Waals surface area contributed by atoms with E-state index in [0.29, 0.717) is 36.6 Å². The summed E-state index contributed by atoms with van der Waals surface area (Å²) in [5.74, 6) is 1.08. The molecule has 2 saturated heterocycles. The normalized spacial score (nSPS) is 19.7. The van der Waals surface area contributed by atoms with Gasteiger partial charge in [0.15, 0.2) is 0 Å². The van der Waals surface area contributed by atoms with Crippen LogP contribution in [0.25, 0.3) is 33.6 Å². The number of allylic oxidation sites excluding steroid dienone is 2. The van der Waals surface area contributed by atoms with Crippen molar-refractivity contribution in [2.45, 2.75) is 70.5 Å². The lowest BCUT2D eigenvalue weighted by molar-refractivity contribution is -0.136. The van der Waals surface area contributed by atoms with Gasteiger partial charge in [0.2, 0.25) is 5.91 Å². The molecule has 2 aromatic heterocycles. The summed E-state index contributed by atoms with van der Waals surface area (Å²) >= 11 is 0. The summed E-state index contributed by atoms with van der Waals surface area (Å²) in [7, 11) is 0. The monoisotopic (exact) mass is 677 g/mol. The van der Waals surface area contributed by atoms with Crippen LogP contribution in [0.3, 0.4) is 0 Å². The molecule has 10 nitrogen and oxygen atoms in total. The van der Waals surface area contributed by atoms with Gasteiger partial charge in [-0.1, -0.05) is 62.4 Å². The first-order chi connectivity index (χ1) is 24.4. The molecule has 11 heteroatoms. The van der Waals surface area contributed by atoms with Gasteiger partial charge in [-0.25, -0.2) is 19.2 Å². The third-order valence-electron chi connectivity index (χ3n) is 10.4. The van der Waals surface area contributed by atoms with Gasteiger partial charge in [-0.3, -0.25) is 14.6 Å². The van der Waals surface area contributed by atoms with E-state index in [1.807, 2.05) is 41.4 Å². The Bertz CT molecular complexity index is 1910. The average molecular weight is 678 g/mol. The van der Waals surface area contributed by atoms with Crippen molar-refractivity contribution in [3.05, 3.63) is 96.1 Å². The minimum atomic E-state index is -0.975. The van der Waals surface area contributed by atoms with E-state index in [2.05, 4.69) is 51.9 Å². The highest BCUT2D eigenvalue weighted by molar-refractivity contribution is 5.86. The molecule has 2 fully saturated rings. The Hall–Kier alpha value is -5.03. The van der Waals surface area contributed by atoms with Crippen molar-refractivity contribution >= 4 is 12.0 Å². The second-order valence-corrected chi connectivity index (χ2v) is 13.3. The zero-order chi connectivity index (χ0) is 34.8. The maximum absolute atomic E-state index is 15.4. The van der Waals surface area contributed by atoms with E-state index in [1.54, 1.807) is 12.3 Å². The molecular weight excluding hydrogens is 633 g/mol. The fourth-order valence-corrected chi connectivity index (χ4v) is 7.74. The first-order valence-electron chi connectivity index (χ1n) is 17.8. The second-order valence-electron chi connectivity index (χ2n) is 13.3. The molecule has 7 rings (SSSR count). The maximum Gasteiger partial charge on any atom is 0.407 e. The largest absolute Gasteiger partial charge is 0.465 e. The number of nitrogens with zero attached hydrogens (tertiary/aromatic N) is 5. The zero-order valence-electron chi connectivity index (χ0n) is 28.6. The number of likely N-dealkylation sites (N-methyl/N-ethyl adjacent to an activating group) is 1. The molecule has 4 heterocycles. The number of carbonyl (C=O) groups is 2. The molecule has 0 unspecified atom stereocenters. The van der Waals surface area contributed by atoms with Crippen molar-refractivity contribution in [3.8, 4) is 33.6 Å². The number of H-pyrrole nitrogens is 2. The van der Waals surface area contributed by atoms with E-state index < -0.39 is 11.9 Å². The molecule has 50 heavy (non-hydrogen) atoms. The van der Waals surface area contributed by atoms with Crippen LogP contribution in [0.2, 0.25) is 0 Å². The first kappa shape index (κ1) is 33.5. The summed E-state index contributed by atoms with van der Waals surface area (Å²) in [6.07, 6.45) is 14.1. The van der Waals surface area contributed by atoms with Crippen molar-refractivity contribution in [1.82, 2.24) is 34.6 Å². The van der Waals surface area contributed by atoms with E-state index >= 15 is 4.39 Å². The Morgan fingerprint density at radius 1 is 0.880 bits per heavy atom. The number of imidazole rings is 2. The van der Waals surface area contributed by atoms with Gasteiger partial charge in [-0.15, -0.1) is 0 Å². The molecule has 2 amide bonds. The Labute approximate surface area is 291 Å². The molecule has 3 atom stereocenters. The van der Waals surface area contributed by atoms with Gasteiger partial charge in [0.05, 0.1) is 35.9 Å². The van der Waals surface area contributed by atoms with Crippen LogP contribution in [0.1, 0.15) is 76.1 Å². The van der Waals surface area contributed by atoms with Crippen LogP contribution >= 0.6 is 0 Å². The van der Waals surface area contributed by atoms with Gasteiger partial charge in [0.25, 0.3) is 0 Å². The number of aromatic nitrogens is 4. The molecule has 0 spiro atoms. The summed E-state index contributed by atoms with van der Waals surface area (Å²) in [4.78, 5) is 47.2. The zero-order valence-corrected chi connectivity index (χ0v) is 28.6. The molecule has 0 saturated carbocycles. The van der Waals surface area contributed by atoms with Crippen molar-refractivity contribution in [1.29, 1.82) is 0 Å². The van der Waals surface area contributed by atoms with Crippen LogP contribution in [0.4, 0.5) is 9.18 Å². The summed E-state index contributed by atoms with van der Waals surface area (Å²) in [6, 6.07) is 12.3. The summed E-state index contributed by atoms with van der Waals surface area (Å²) in [5.41, 5.74) is 5.41.